The Hall–Kier alpha value is -0.910. The monoisotopic (exact) mass is 229 g/mol. The summed E-state index contributed by atoms with van der Waals surface area (Å²) >= 11 is 7.35. The topological polar surface area (TPSA) is 51.0 Å². The van der Waals surface area contributed by atoms with Crippen molar-refractivity contribution in [2.45, 2.75) is 13.1 Å². The van der Waals surface area contributed by atoms with Crippen molar-refractivity contribution < 1.29 is 4.52 Å². The summed E-state index contributed by atoms with van der Waals surface area (Å²) in [6.07, 6.45) is 1.32. The van der Waals surface area contributed by atoms with Crippen molar-refractivity contribution in [1.29, 1.82) is 0 Å². The van der Waals surface area contributed by atoms with E-state index in [1.54, 1.807) is 11.3 Å². The molecule has 0 atom stereocenters. The molecule has 0 fully saturated rings. The van der Waals surface area contributed by atoms with Crippen molar-refractivity contribution in [2.75, 3.05) is 0 Å². The summed E-state index contributed by atoms with van der Waals surface area (Å²) in [5, 5.41) is 6.87. The van der Waals surface area contributed by atoms with Gasteiger partial charge in [-0.3, -0.25) is 0 Å². The third-order valence-corrected chi connectivity index (χ3v) is 2.85. The Balaban J connectivity index is 1.78. The zero-order chi connectivity index (χ0) is 9.80. The van der Waals surface area contributed by atoms with E-state index in [-0.39, 0.29) is 0 Å². The molecule has 1 N–H and O–H groups in total. The van der Waals surface area contributed by atoms with Gasteiger partial charge in [-0.2, -0.15) is 4.98 Å². The highest BCUT2D eigenvalue weighted by molar-refractivity contribution is 7.16. The summed E-state index contributed by atoms with van der Waals surface area (Å²) in [5.41, 5.74) is 0. The van der Waals surface area contributed by atoms with Gasteiger partial charge >= 0.3 is 0 Å². The van der Waals surface area contributed by atoms with Crippen LogP contribution in [0.1, 0.15) is 10.7 Å². The van der Waals surface area contributed by atoms with Crippen LogP contribution in [0.4, 0.5) is 0 Å². The van der Waals surface area contributed by atoms with Gasteiger partial charge in [0, 0.05) is 11.4 Å². The molecule has 0 aliphatic heterocycles. The van der Waals surface area contributed by atoms with E-state index < -0.39 is 0 Å². The van der Waals surface area contributed by atoms with E-state index in [1.165, 1.54) is 11.3 Å². The average molecular weight is 230 g/mol. The Morgan fingerprint density at radius 1 is 1.43 bits per heavy atom. The number of aromatic nitrogens is 2. The summed E-state index contributed by atoms with van der Waals surface area (Å²) in [6, 6.07) is 3.88. The summed E-state index contributed by atoms with van der Waals surface area (Å²) in [7, 11) is 0. The molecule has 2 aromatic heterocycles. The molecule has 0 unspecified atom stereocenters. The maximum atomic E-state index is 5.79. The van der Waals surface area contributed by atoms with Gasteiger partial charge in [-0.15, -0.1) is 11.3 Å². The first-order valence-electron chi connectivity index (χ1n) is 4.05. The van der Waals surface area contributed by atoms with Crippen molar-refractivity contribution in [3.8, 4) is 0 Å². The maximum Gasteiger partial charge on any atom is 0.213 e. The van der Waals surface area contributed by atoms with Gasteiger partial charge in [0.1, 0.15) is 0 Å². The van der Waals surface area contributed by atoms with Crippen LogP contribution in [-0.4, -0.2) is 10.1 Å². The molecule has 0 saturated carbocycles. The van der Waals surface area contributed by atoms with Crippen molar-refractivity contribution >= 4 is 22.9 Å². The molecule has 0 spiro atoms. The first kappa shape index (κ1) is 9.64. The summed E-state index contributed by atoms with van der Waals surface area (Å²) in [6.45, 7) is 1.37. The quantitative estimate of drug-likeness (QED) is 0.872. The Kier molecular flexibility index (Phi) is 3.13. The molecule has 0 radical (unpaired) electrons. The van der Waals surface area contributed by atoms with E-state index in [4.69, 9.17) is 11.6 Å². The Bertz CT molecular complexity index is 387. The van der Waals surface area contributed by atoms with Crippen molar-refractivity contribution in [3.05, 3.63) is 33.6 Å². The lowest BCUT2D eigenvalue weighted by atomic mass is 10.4. The van der Waals surface area contributed by atoms with Crippen LogP contribution >= 0.6 is 22.9 Å². The van der Waals surface area contributed by atoms with Gasteiger partial charge in [-0.05, 0) is 12.1 Å². The average Bonchev–Trinajstić information content (AvgIpc) is 2.77. The first-order valence-corrected chi connectivity index (χ1v) is 5.24. The number of nitrogens with one attached hydrogen (secondary N) is 1. The lowest BCUT2D eigenvalue weighted by molar-refractivity contribution is 0.407. The van der Waals surface area contributed by atoms with Crippen LogP contribution in [0, 0.1) is 0 Å². The van der Waals surface area contributed by atoms with Crippen LogP contribution in [0.3, 0.4) is 0 Å². The maximum absolute atomic E-state index is 5.79. The number of rotatable bonds is 4. The lowest BCUT2D eigenvalue weighted by Crippen LogP contribution is -2.12. The second-order valence-electron chi connectivity index (χ2n) is 2.66. The smallest absolute Gasteiger partial charge is 0.213 e. The van der Waals surface area contributed by atoms with Crippen molar-refractivity contribution in [3.63, 3.8) is 0 Å². The second-order valence-corrected chi connectivity index (χ2v) is 4.46. The van der Waals surface area contributed by atoms with E-state index in [0.29, 0.717) is 12.4 Å². The number of halogens is 1. The van der Waals surface area contributed by atoms with Crippen LogP contribution in [0.5, 0.6) is 0 Å². The van der Waals surface area contributed by atoms with Gasteiger partial charge in [0.15, 0.2) is 5.82 Å². The van der Waals surface area contributed by atoms with Crippen molar-refractivity contribution in [2.24, 2.45) is 0 Å². The predicted octanol–water partition coefficient (Wildman–Crippen LogP) is 2.07. The molecule has 2 heterocycles. The molecule has 14 heavy (non-hydrogen) atoms. The number of hydrogen-bond acceptors (Lipinski definition) is 5. The molecule has 0 saturated heterocycles. The molecule has 0 aliphatic rings. The molecule has 2 rings (SSSR count). The largest absolute Gasteiger partial charge is 0.343 e. The molecule has 0 aliphatic carbocycles. The standard InChI is InChI=1S/C8H8ClN3OS/c9-7-2-1-6(14-7)3-10-4-8-11-5-13-12-8/h1-2,5,10H,3-4H2. The third-order valence-electron chi connectivity index (χ3n) is 1.62. The zero-order valence-electron chi connectivity index (χ0n) is 7.24. The minimum absolute atomic E-state index is 0.603. The Morgan fingerprint density at radius 3 is 3.00 bits per heavy atom. The normalized spacial score (nSPS) is 10.6. The SMILES string of the molecule is Clc1ccc(CNCc2ncon2)s1. The fourth-order valence-corrected chi connectivity index (χ4v) is 2.07. The van der Waals surface area contributed by atoms with E-state index in [9.17, 15) is 0 Å². The third kappa shape index (κ3) is 2.54. The van der Waals surface area contributed by atoms with Gasteiger partial charge < -0.3 is 9.84 Å². The molecule has 0 amide bonds. The number of nitrogens with zero attached hydrogens (tertiary/aromatic N) is 2. The first-order chi connectivity index (χ1) is 6.84. The Labute approximate surface area is 89.9 Å². The fourth-order valence-electron chi connectivity index (χ4n) is 1.01. The van der Waals surface area contributed by atoms with E-state index in [0.717, 1.165) is 10.9 Å². The van der Waals surface area contributed by atoms with Gasteiger partial charge in [-0.25, -0.2) is 0 Å². The summed E-state index contributed by atoms with van der Waals surface area (Å²) < 4.78 is 5.41. The van der Waals surface area contributed by atoms with Gasteiger partial charge in [0.25, 0.3) is 0 Å². The second kappa shape index (κ2) is 4.54. The minimum atomic E-state index is 0.603. The van der Waals surface area contributed by atoms with E-state index in [2.05, 4.69) is 20.0 Å². The summed E-state index contributed by atoms with van der Waals surface area (Å²) in [5.74, 6) is 0.660. The lowest BCUT2D eigenvalue weighted by Gasteiger charge is -1.97. The molecule has 0 bridgehead atoms. The molecule has 0 aromatic carbocycles. The van der Waals surface area contributed by atoms with Crippen LogP contribution in [0.25, 0.3) is 0 Å². The van der Waals surface area contributed by atoms with Gasteiger partial charge in [0.05, 0.1) is 10.9 Å². The van der Waals surface area contributed by atoms with E-state index in [1.807, 2.05) is 12.1 Å². The number of hydrogen-bond donors (Lipinski definition) is 1. The van der Waals surface area contributed by atoms with Crippen LogP contribution in [0.15, 0.2) is 23.0 Å². The van der Waals surface area contributed by atoms with E-state index >= 15 is 0 Å². The zero-order valence-corrected chi connectivity index (χ0v) is 8.81. The highest BCUT2D eigenvalue weighted by atomic mass is 35.5. The molecular formula is C8H8ClN3OS. The van der Waals surface area contributed by atoms with Crippen LogP contribution in [-0.2, 0) is 13.1 Å². The predicted molar refractivity (Wildman–Crippen MR) is 54.2 cm³/mol. The van der Waals surface area contributed by atoms with Gasteiger partial charge in [0.2, 0.25) is 6.39 Å². The number of thiophene rings is 1. The molecular weight excluding hydrogens is 222 g/mol. The van der Waals surface area contributed by atoms with Gasteiger partial charge in [-0.1, -0.05) is 16.8 Å². The molecule has 4 nitrogen and oxygen atoms in total. The summed E-state index contributed by atoms with van der Waals surface area (Å²) in [4.78, 5) is 5.08. The fraction of sp³-hybridized carbons (Fsp3) is 0.250. The minimum Gasteiger partial charge on any atom is -0.343 e. The highest BCUT2D eigenvalue weighted by Gasteiger charge is 1.99. The Morgan fingerprint density at radius 2 is 2.36 bits per heavy atom. The van der Waals surface area contributed by atoms with Crippen LogP contribution in [0.2, 0.25) is 4.34 Å². The molecule has 6 heteroatoms. The van der Waals surface area contributed by atoms with Crippen molar-refractivity contribution in [1.82, 2.24) is 15.5 Å². The molecule has 74 valence electrons. The molecule has 2 aromatic rings. The highest BCUT2D eigenvalue weighted by Crippen LogP contribution is 2.20. The van der Waals surface area contributed by atoms with Crippen LogP contribution < -0.4 is 5.32 Å².